The third-order valence-corrected chi connectivity index (χ3v) is 3.92. The van der Waals surface area contributed by atoms with E-state index in [0.717, 1.165) is 15.7 Å². The normalized spacial score (nSPS) is 14.2. The monoisotopic (exact) mass is 347 g/mol. The van der Waals surface area contributed by atoms with Crippen molar-refractivity contribution in [3.8, 4) is 11.5 Å². The molecular formula is C16H14BrNO3. The van der Waals surface area contributed by atoms with Gasteiger partial charge in [-0.2, -0.15) is 0 Å². The number of anilines is 1. The van der Waals surface area contributed by atoms with E-state index in [1.807, 2.05) is 42.5 Å². The first-order chi connectivity index (χ1) is 10.2. The quantitative estimate of drug-likeness (QED) is 0.835. The standard InChI is InChI=1S/C16H14BrNO3/c1-20-14-4-2-3-11-9-18(15(19)10-21-16(11)14)13-7-5-12(17)6-8-13/h2-8H,9-10H2,1H3. The molecule has 2 aromatic rings. The van der Waals surface area contributed by atoms with Gasteiger partial charge in [-0.1, -0.05) is 28.1 Å². The second-order valence-electron chi connectivity index (χ2n) is 4.69. The molecule has 0 atom stereocenters. The highest BCUT2D eigenvalue weighted by Crippen LogP contribution is 2.34. The number of fused-ring (bicyclic) bond motifs is 1. The molecule has 0 fully saturated rings. The van der Waals surface area contributed by atoms with Crippen molar-refractivity contribution >= 4 is 27.5 Å². The molecule has 3 rings (SSSR count). The lowest BCUT2D eigenvalue weighted by Gasteiger charge is -2.20. The molecule has 4 nitrogen and oxygen atoms in total. The SMILES string of the molecule is COc1cccc2c1OCC(=O)N(c1ccc(Br)cc1)C2. The van der Waals surface area contributed by atoms with Gasteiger partial charge in [-0.25, -0.2) is 0 Å². The molecule has 0 bridgehead atoms. The Morgan fingerprint density at radius 2 is 1.95 bits per heavy atom. The highest BCUT2D eigenvalue weighted by molar-refractivity contribution is 9.10. The van der Waals surface area contributed by atoms with E-state index in [2.05, 4.69) is 15.9 Å². The Hall–Kier alpha value is -2.01. The summed E-state index contributed by atoms with van der Waals surface area (Å²) in [6.07, 6.45) is 0. The number of rotatable bonds is 2. The highest BCUT2D eigenvalue weighted by atomic mass is 79.9. The van der Waals surface area contributed by atoms with E-state index in [1.54, 1.807) is 12.0 Å². The van der Waals surface area contributed by atoms with Gasteiger partial charge in [0, 0.05) is 15.7 Å². The van der Waals surface area contributed by atoms with Crippen LogP contribution in [0.5, 0.6) is 11.5 Å². The smallest absolute Gasteiger partial charge is 0.265 e. The first-order valence-corrected chi connectivity index (χ1v) is 7.33. The molecule has 0 radical (unpaired) electrons. The summed E-state index contributed by atoms with van der Waals surface area (Å²) >= 11 is 3.40. The number of hydrogen-bond acceptors (Lipinski definition) is 3. The second kappa shape index (κ2) is 5.77. The van der Waals surface area contributed by atoms with E-state index in [-0.39, 0.29) is 12.5 Å². The fraction of sp³-hybridized carbons (Fsp3) is 0.188. The van der Waals surface area contributed by atoms with E-state index in [0.29, 0.717) is 18.0 Å². The van der Waals surface area contributed by atoms with Crippen LogP contribution in [0.1, 0.15) is 5.56 Å². The lowest BCUT2D eigenvalue weighted by molar-refractivity contribution is -0.120. The predicted octanol–water partition coefficient (Wildman–Crippen LogP) is 3.38. The summed E-state index contributed by atoms with van der Waals surface area (Å²) in [5.74, 6) is 1.22. The number of hydrogen-bond donors (Lipinski definition) is 0. The van der Waals surface area contributed by atoms with Crippen LogP contribution < -0.4 is 14.4 Å². The molecule has 0 N–H and O–H groups in total. The summed E-state index contributed by atoms with van der Waals surface area (Å²) in [7, 11) is 1.60. The zero-order valence-electron chi connectivity index (χ0n) is 11.5. The molecule has 0 unspecified atom stereocenters. The minimum absolute atomic E-state index is 0.00341. The van der Waals surface area contributed by atoms with Crippen LogP contribution in [0.3, 0.4) is 0 Å². The number of ether oxygens (including phenoxy) is 2. The van der Waals surface area contributed by atoms with Crippen molar-refractivity contribution in [2.75, 3.05) is 18.6 Å². The number of amides is 1. The number of carbonyl (C=O) groups is 1. The van der Waals surface area contributed by atoms with Gasteiger partial charge in [-0.3, -0.25) is 4.79 Å². The number of nitrogens with zero attached hydrogens (tertiary/aromatic N) is 1. The van der Waals surface area contributed by atoms with Crippen molar-refractivity contribution < 1.29 is 14.3 Å². The number of halogens is 1. The summed E-state index contributed by atoms with van der Waals surface area (Å²) in [5, 5.41) is 0. The summed E-state index contributed by atoms with van der Waals surface area (Å²) in [6.45, 7) is 0.469. The maximum absolute atomic E-state index is 12.3. The molecule has 0 saturated heterocycles. The number of para-hydroxylation sites is 1. The zero-order chi connectivity index (χ0) is 14.8. The molecule has 1 aliphatic heterocycles. The van der Waals surface area contributed by atoms with Crippen LogP contribution in [0.25, 0.3) is 0 Å². The molecule has 0 spiro atoms. The average molecular weight is 348 g/mol. The van der Waals surface area contributed by atoms with Gasteiger partial charge >= 0.3 is 0 Å². The highest BCUT2D eigenvalue weighted by Gasteiger charge is 2.24. The summed E-state index contributed by atoms with van der Waals surface area (Å²) < 4.78 is 11.9. The van der Waals surface area contributed by atoms with Crippen molar-refractivity contribution in [1.82, 2.24) is 0 Å². The Morgan fingerprint density at radius 3 is 2.67 bits per heavy atom. The Morgan fingerprint density at radius 1 is 1.19 bits per heavy atom. The number of methoxy groups -OCH3 is 1. The summed E-state index contributed by atoms with van der Waals surface area (Å²) in [4.78, 5) is 14.0. The van der Waals surface area contributed by atoms with Crippen molar-refractivity contribution in [2.24, 2.45) is 0 Å². The first-order valence-electron chi connectivity index (χ1n) is 6.53. The Kier molecular flexibility index (Phi) is 3.84. The molecule has 1 aliphatic rings. The molecular weight excluding hydrogens is 334 g/mol. The molecule has 0 saturated carbocycles. The van der Waals surface area contributed by atoms with Crippen LogP contribution in [0, 0.1) is 0 Å². The summed E-state index contributed by atoms with van der Waals surface area (Å²) in [6, 6.07) is 13.3. The fourth-order valence-electron chi connectivity index (χ4n) is 2.34. The first kappa shape index (κ1) is 13.9. The Bertz CT molecular complexity index is 670. The third-order valence-electron chi connectivity index (χ3n) is 3.39. The van der Waals surface area contributed by atoms with Gasteiger partial charge in [0.15, 0.2) is 18.1 Å². The van der Waals surface area contributed by atoms with Gasteiger partial charge in [0.2, 0.25) is 0 Å². The Labute approximate surface area is 131 Å². The van der Waals surface area contributed by atoms with E-state index in [1.165, 1.54) is 0 Å². The average Bonchev–Trinajstić information content (AvgIpc) is 2.67. The van der Waals surface area contributed by atoms with Crippen LogP contribution in [0.2, 0.25) is 0 Å². The van der Waals surface area contributed by atoms with Crippen LogP contribution in [-0.4, -0.2) is 19.6 Å². The van der Waals surface area contributed by atoms with Crippen LogP contribution >= 0.6 is 15.9 Å². The maximum Gasteiger partial charge on any atom is 0.265 e. The Balaban J connectivity index is 1.99. The maximum atomic E-state index is 12.3. The van der Waals surface area contributed by atoms with Gasteiger partial charge in [-0.15, -0.1) is 0 Å². The molecule has 21 heavy (non-hydrogen) atoms. The van der Waals surface area contributed by atoms with E-state index < -0.39 is 0 Å². The predicted molar refractivity (Wildman–Crippen MR) is 83.8 cm³/mol. The van der Waals surface area contributed by atoms with Crippen LogP contribution in [0.4, 0.5) is 5.69 Å². The van der Waals surface area contributed by atoms with E-state index in [9.17, 15) is 4.79 Å². The van der Waals surface area contributed by atoms with Crippen LogP contribution in [-0.2, 0) is 11.3 Å². The molecule has 108 valence electrons. The van der Waals surface area contributed by atoms with Crippen molar-refractivity contribution in [3.63, 3.8) is 0 Å². The van der Waals surface area contributed by atoms with Gasteiger partial charge in [0.05, 0.1) is 13.7 Å². The topological polar surface area (TPSA) is 38.8 Å². The number of carbonyl (C=O) groups excluding carboxylic acids is 1. The van der Waals surface area contributed by atoms with Gasteiger partial charge in [-0.05, 0) is 30.3 Å². The van der Waals surface area contributed by atoms with Crippen LogP contribution in [0.15, 0.2) is 46.9 Å². The van der Waals surface area contributed by atoms with Crippen molar-refractivity contribution in [1.29, 1.82) is 0 Å². The zero-order valence-corrected chi connectivity index (χ0v) is 13.1. The lowest BCUT2D eigenvalue weighted by atomic mass is 10.1. The lowest BCUT2D eigenvalue weighted by Crippen LogP contribution is -2.32. The molecule has 1 heterocycles. The minimum atomic E-state index is -0.0735. The molecule has 5 heteroatoms. The van der Waals surface area contributed by atoms with E-state index in [4.69, 9.17) is 9.47 Å². The van der Waals surface area contributed by atoms with Gasteiger partial charge in [0.1, 0.15) is 0 Å². The molecule has 0 aromatic heterocycles. The summed E-state index contributed by atoms with van der Waals surface area (Å²) in [5.41, 5.74) is 1.78. The minimum Gasteiger partial charge on any atom is -0.493 e. The fourth-order valence-corrected chi connectivity index (χ4v) is 2.60. The molecule has 1 amide bonds. The van der Waals surface area contributed by atoms with E-state index >= 15 is 0 Å². The largest absolute Gasteiger partial charge is 0.493 e. The molecule has 0 aliphatic carbocycles. The number of benzene rings is 2. The second-order valence-corrected chi connectivity index (χ2v) is 5.61. The third kappa shape index (κ3) is 2.74. The molecule has 2 aromatic carbocycles. The van der Waals surface area contributed by atoms with Gasteiger partial charge in [0.25, 0.3) is 5.91 Å². The van der Waals surface area contributed by atoms with Crippen molar-refractivity contribution in [2.45, 2.75) is 6.54 Å². The van der Waals surface area contributed by atoms with Gasteiger partial charge < -0.3 is 14.4 Å². The van der Waals surface area contributed by atoms with Crippen molar-refractivity contribution in [3.05, 3.63) is 52.5 Å².